The van der Waals surface area contributed by atoms with Crippen LogP contribution in [0.3, 0.4) is 0 Å². The number of rotatable bonds is 3. The molecule has 3 aliphatic rings. The van der Waals surface area contributed by atoms with Crippen molar-refractivity contribution in [3.05, 3.63) is 59.7 Å². The number of benzene rings is 2. The van der Waals surface area contributed by atoms with Crippen molar-refractivity contribution in [3.63, 3.8) is 0 Å². The monoisotopic (exact) mass is 491 g/mol. The molecule has 2 aromatic rings. The fourth-order valence-electron chi connectivity index (χ4n) is 6.02. The molecular formula is C29H37N3O4. The molecule has 2 aromatic carbocycles. The van der Waals surface area contributed by atoms with Gasteiger partial charge in [0, 0.05) is 32.7 Å². The average molecular weight is 492 g/mol. The van der Waals surface area contributed by atoms with Gasteiger partial charge in [0.05, 0.1) is 17.9 Å². The van der Waals surface area contributed by atoms with Crippen LogP contribution in [0.25, 0.3) is 0 Å². The van der Waals surface area contributed by atoms with Crippen LogP contribution in [0.2, 0.25) is 0 Å². The van der Waals surface area contributed by atoms with E-state index < -0.39 is 5.41 Å². The van der Waals surface area contributed by atoms with Gasteiger partial charge in [0.2, 0.25) is 11.8 Å². The van der Waals surface area contributed by atoms with E-state index in [0.29, 0.717) is 45.4 Å². The van der Waals surface area contributed by atoms with Gasteiger partial charge in [-0.05, 0) is 80.5 Å². The Morgan fingerprint density at radius 1 is 1.06 bits per heavy atom. The number of nitrogens with one attached hydrogen (secondary N) is 1. The molecule has 192 valence electrons. The molecule has 5 rings (SSSR count). The molecule has 7 nitrogen and oxygen atoms in total. The minimum absolute atomic E-state index is 0.0166. The summed E-state index contributed by atoms with van der Waals surface area (Å²) in [6.07, 6.45) is 4.55. The number of aliphatic hydroxyl groups excluding tert-OH is 1. The zero-order valence-electron chi connectivity index (χ0n) is 21.0. The first kappa shape index (κ1) is 24.8. The third-order valence-electron chi connectivity index (χ3n) is 8.06. The maximum absolute atomic E-state index is 13.6. The minimum atomic E-state index is -0.544. The van der Waals surface area contributed by atoms with Crippen LogP contribution in [0.15, 0.2) is 48.5 Å². The number of amides is 2. The Bertz CT molecular complexity index is 1080. The number of carbonyl (C=O) groups is 2. The molecule has 3 aliphatic heterocycles. The van der Waals surface area contributed by atoms with E-state index >= 15 is 0 Å². The van der Waals surface area contributed by atoms with Crippen LogP contribution in [0.1, 0.15) is 36.8 Å². The molecule has 4 bridgehead atoms. The third kappa shape index (κ3) is 5.57. The second-order valence-corrected chi connectivity index (χ2v) is 10.5. The highest BCUT2D eigenvalue weighted by atomic mass is 16.5. The van der Waals surface area contributed by atoms with Gasteiger partial charge < -0.3 is 25.0 Å². The second kappa shape index (κ2) is 11.0. The summed E-state index contributed by atoms with van der Waals surface area (Å²) < 4.78 is 6.14. The van der Waals surface area contributed by atoms with Gasteiger partial charge in [-0.3, -0.25) is 9.59 Å². The number of β-amino-alcohol motifs (C(OH)–C–C–N with tert-alkyl or cyclic N) is 1. The van der Waals surface area contributed by atoms with E-state index in [1.807, 2.05) is 41.3 Å². The van der Waals surface area contributed by atoms with Crippen molar-refractivity contribution in [2.24, 2.45) is 11.3 Å². The summed E-state index contributed by atoms with van der Waals surface area (Å²) in [6, 6.07) is 16.1. The first-order chi connectivity index (χ1) is 17.5. The molecule has 3 heterocycles. The smallest absolute Gasteiger partial charge is 0.226 e. The third-order valence-corrected chi connectivity index (χ3v) is 8.06. The van der Waals surface area contributed by atoms with Crippen molar-refractivity contribution >= 4 is 11.8 Å². The number of carbonyl (C=O) groups excluding carboxylic acids is 2. The second-order valence-electron chi connectivity index (χ2n) is 10.5. The van der Waals surface area contributed by atoms with Crippen LogP contribution in [-0.2, 0) is 22.4 Å². The highest BCUT2D eigenvalue weighted by Gasteiger charge is 2.43. The summed E-state index contributed by atoms with van der Waals surface area (Å²) in [5, 5.41) is 12.5. The summed E-state index contributed by atoms with van der Waals surface area (Å²) in [6.45, 7) is 4.18. The summed E-state index contributed by atoms with van der Waals surface area (Å²) in [4.78, 5) is 31.1. The van der Waals surface area contributed by atoms with Gasteiger partial charge in [-0.2, -0.15) is 0 Å². The lowest BCUT2D eigenvalue weighted by Crippen LogP contribution is -2.53. The van der Waals surface area contributed by atoms with E-state index in [-0.39, 0.29) is 24.3 Å². The Balaban J connectivity index is 1.31. The standard InChI is InChI=1S/C29H37N3O4/c33-17-16-31-13-3-6-24(21-31)27(34)32-14-10-29(11-15-32)20-23-5-2-8-26(19-23)36-25-7-1-4-22(18-25)9-12-30-28(29)35/h1-2,4-5,7-8,18-19,24,33H,3,6,9-17,20-21H2,(H,30,35). The fourth-order valence-corrected chi connectivity index (χ4v) is 6.02. The van der Waals surface area contributed by atoms with E-state index in [0.717, 1.165) is 55.0 Å². The number of fused-ring (bicyclic) bond motifs is 4. The lowest BCUT2D eigenvalue weighted by molar-refractivity contribution is -0.144. The predicted molar refractivity (Wildman–Crippen MR) is 138 cm³/mol. The number of hydrogen-bond acceptors (Lipinski definition) is 5. The van der Waals surface area contributed by atoms with Crippen molar-refractivity contribution in [1.82, 2.24) is 15.1 Å². The number of aliphatic hydroxyl groups is 1. The topological polar surface area (TPSA) is 82.1 Å². The van der Waals surface area contributed by atoms with E-state index in [2.05, 4.69) is 22.3 Å². The summed E-state index contributed by atoms with van der Waals surface area (Å²) in [5.41, 5.74) is 1.66. The molecule has 0 saturated carbocycles. The van der Waals surface area contributed by atoms with E-state index in [4.69, 9.17) is 4.74 Å². The maximum atomic E-state index is 13.6. The molecule has 0 aliphatic carbocycles. The van der Waals surface area contributed by atoms with Gasteiger partial charge in [0.25, 0.3) is 0 Å². The van der Waals surface area contributed by atoms with Crippen LogP contribution < -0.4 is 10.1 Å². The molecule has 2 amide bonds. The van der Waals surface area contributed by atoms with Crippen LogP contribution in [0, 0.1) is 11.3 Å². The van der Waals surface area contributed by atoms with Gasteiger partial charge >= 0.3 is 0 Å². The highest BCUT2D eigenvalue weighted by Crippen LogP contribution is 2.38. The van der Waals surface area contributed by atoms with E-state index in [1.54, 1.807) is 0 Å². The summed E-state index contributed by atoms with van der Waals surface area (Å²) >= 11 is 0. The largest absolute Gasteiger partial charge is 0.457 e. The Hall–Kier alpha value is -2.90. The molecule has 0 radical (unpaired) electrons. The van der Waals surface area contributed by atoms with Crippen LogP contribution in [0.5, 0.6) is 11.5 Å². The van der Waals surface area contributed by atoms with Crippen LogP contribution in [-0.4, -0.2) is 72.6 Å². The van der Waals surface area contributed by atoms with Crippen molar-refractivity contribution in [3.8, 4) is 11.5 Å². The highest BCUT2D eigenvalue weighted by molar-refractivity contribution is 5.84. The zero-order chi connectivity index (χ0) is 25.0. The molecule has 0 aromatic heterocycles. The SMILES string of the molecule is O=C(C1CCCN(CCO)C1)N1CCC2(CC1)Cc1cccc(c1)Oc1cccc(c1)CCNC2=O. The van der Waals surface area contributed by atoms with Gasteiger partial charge in [-0.25, -0.2) is 0 Å². The molecule has 7 heteroatoms. The maximum Gasteiger partial charge on any atom is 0.226 e. The van der Waals surface area contributed by atoms with E-state index in [9.17, 15) is 14.7 Å². The van der Waals surface area contributed by atoms with E-state index in [1.165, 1.54) is 0 Å². The van der Waals surface area contributed by atoms with Crippen molar-refractivity contribution in [2.45, 2.75) is 38.5 Å². The Morgan fingerprint density at radius 2 is 1.78 bits per heavy atom. The van der Waals surface area contributed by atoms with Crippen molar-refractivity contribution < 1.29 is 19.4 Å². The van der Waals surface area contributed by atoms with Crippen molar-refractivity contribution in [1.29, 1.82) is 0 Å². The van der Waals surface area contributed by atoms with Gasteiger partial charge in [0.1, 0.15) is 11.5 Å². The van der Waals surface area contributed by atoms with Crippen molar-refractivity contribution in [2.75, 3.05) is 45.9 Å². The molecule has 2 N–H and O–H groups in total. The predicted octanol–water partition coefficient (Wildman–Crippen LogP) is 3.01. The number of ether oxygens (including phenoxy) is 1. The normalized spacial score (nSPS) is 22.5. The molecule has 1 spiro atoms. The first-order valence-corrected chi connectivity index (χ1v) is 13.3. The summed E-state index contributed by atoms with van der Waals surface area (Å²) in [5.74, 6) is 1.85. The molecular weight excluding hydrogens is 454 g/mol. The van der Waals surface area contributed by atoms with Crippen LogP contribution >= 0.6 is 0 Å². The number of hydrogen-bond donors (Lipinski definition) is 2. The molecule has 36 heavy (non-hydrogen) atoms. The average Bonchev–Trinajstić information content (AvgIpc) is 2.89. The first-order valence-electron chi connectivity index (χ1n) is 13.3. The zero-order valence-corrected chi connectivity index (χ0v) is 21.0. The fraction of sp³-hybridized carbons (Fsp3) is 0.517. The van der Waals surface area contributed by atoms with Crippen LogP contribution in [0.4, 0.5) is 0 Å². The Kier molecular flexibility index (Phi) is 7.58. The van der Waals surface area contributed by atoms with Gasteiger partial charge in [-0.15, -0.1) is 0 Å². The molecule has 1 unspecified atom stereocenters. The number of likely N-dealkylation sites (tertiary alicyclic amines) is 2. The lowest BCUT2D eigenvalue weighted by atomic mass is 9.72. The molecule has 1 atom stereocenters. The quantitative estimate of drug-likeness (QED) is 0.690. The Morgan fingerprint density at radius 3 is 2.53 bits per heavy atom. The minimum Gasteiger partial charge on any atom is -0.457 e. The molecule has 2 saturated heterocycles. The Labute approximate surface area is 213 Å². The number of nitrogens with zero attached hydrogens (tertiary/aromatic N) is 2. The van der Waals surface area contributed by atoms with Gasteiger partial charge in [0.15, 0.2) is 0 Å². The molecule has 2 fully saturated rings. The lowest BCUT2D eigenvalue weighted by Gasteiger charge is -2.43. The number of piperidine rings is 2. The summed E-state index contributed by atoms with van der Waals surface area (Å²) in [7, 11) is 0. The van der Waals surface area contributed by atoms with Gasteiger partial charge in [-0.1, -0.05) is 24.3 Å².